The van der Waals surface area contributed by atoms with Crippen molar-refractivity contribution in [3.63, 3.8) is 0 Å². The van der Waals surface area contributed by atoms with Gasteiger partial charge in [0.05, 0.1) is 23.9 Å². The average molecular weight is 562 g/mol. The van der Waals surface area contributed by atoms with Gasteiger partial charge in [-0.05, 0) is 80.0 Å². The summed E-state index contributed by atoms with van der Waals surface area (Å²) in [6.07, 6.45) is 8.68. The van der Waals surface area contributed by atoms with E-state index in [1.54, 1.807) is 6.92 Å². The van der Waals surface area contributed by atoms with Gasteiger partial charge in [-0.3, -0.25) is 14.2 Å². The third-order valence-corrected chi connectivity index (χ3v) is 9.83. The number of ether oxygens (including phenoxy) is 1. The van der Waals surface area contributed by atoms with Crippen molar-refractivity contribution in [3.05, 3.63) is 67.4 Å². The quantitative estimate of drug-likeness (QED) is 0.292. The van der Waals surface area contributed by atoms with Crippen molar-refractivity contribution in [1.29, 1.82) is 0 Å². The summed E-state index contributed by atoms with van der Waals surface area (Å²) in [4.78, 5) is 45.9. The Kier molecular flexibility index (Phi) is 7.12. The van der Waals surface area contributed by atoms with Crippen molar-refractivity contribution >= 4 is 49.8 Å². The van der Waals surface area contributed by atoms with Gasteiger partial charge in [-0.25, -0.2) is 9.78 Å². The van der Waals surface area contributed by atoms with Gasteiger partial charge in [0.2, 0.25) is 5.91 Å². The van der Waals surface area contributed by atoms with Gasteiger partial charge >= 0.3 is 5.97 Å². The second-order valence-electron chi connectivity index (χ2n) is 10.5. The zero-order valence-electron chi connectivity index (χ0n) is 22.2. The first-order chi connectivity index (χ1) is 18.9. The number of hydrogen-bond acceptors (Lipinski definition) is 7. The summed E-state index contributed by atoms with van der Waals surface area (Å²) >= 11 is 2.88. The molecule has 0 aliphatic heterocycles. The molecule has 3 heterocycles. The lowest BCUT2D eigenvalue weighted by Gasteiger charge is -2.18. The smallest absolute Gasteiger partial charge is 0.341 e. The van der Waals surface area contributed by atoms with Gasteiger partial charge in [-0.2, -0.15) is 0 Å². The van der Waals surface area contributed by atoms with Crippen molar-refractivity contribution in [1.82, 2.24) is 9.55 Å². The van der Waals surface area contributed by atoms with Gasteiger partial charge in [-0.1, -0.05) is 25.1 Å². The Hall–Kier alpha value is -3.30. The molecule has 2 aliphatic carbocycles. The van der Waals surface area contributed by atoms with Crippen LogP contribution in [0.2, 0.25) is 0 Å². The lowest BCUT2D eigenvalue weighted by molar-refractivity contribution is -0.116. The van der Waals surface area contributed by atoms with E-state index < -0.39 is 5.97 Å². The molecule has 2 aliphatic rings. The minimum absolute atomic E-state index is 0.192. The van der Waals surface area contributed by atoms with Crippen molar-refractivity contribution in [2.24, 2.45) is 5.92 Å². The van der Waals surface area contributed by atoms with Crippen LogP contribution in [0.15, 0.2) is 34.7 Å². The van der Waals surface area contributed by atoms with Crippen LogP contribution in [-0.4, -0.2) is 28.0 Å². The molecule has 6 rings (SSSR count). The van der Waals surface area contributed by atoms with Gasteiger partial charge in [-0.15, -0.1) is 22.7 Å². The molecule has 0 fully saturated rings. The lowest BCUT2D eigenvalue weighted by atomic mass is 9.88. The number of anilines is 1. The molecule has 1 amide bonds. The molecular weight excluding hydrogens is 530 g/mol. The second-order valence-corrected chi connectivity index (χ2v) is 12.5. The molecule has 1 N–H and O–H groups in total. The van der Waals surface area contributed by atoms with Crippen LogP contribution in [0.3, 0.4) is 0 Å². The molecule has 1 unspecified atom stereocenters. The van der Waals surface area contributed by atoms with Gasteiger partial charge in [0.15, 0.2) is 0 Å². The van der Waals surface area contributed by atoms with E-state index in [1.165, 1.54) is 57.5 Å². The molecule has 7 nitrogen and oxygen atoms in total. The summed E-state index contributed by atoms with van der Waals surface area (Å²) in [5, 5.41) is 5.94. The van der Waals surface area contributed by atoms with Gasteiger partial charge in [0.1, 0.15) is 16.4 Å². The van der Waals surface area contributed by atoms with Crippen molar-refractivity contribution in [2.45, 2.75) is 65.3 Å². The summed E-state index contributed by atoms with van der Waals surface area (Å²) in [6.45, 7) is 4.04. The first kappa shape index (κ1) is 26.0. The summed E-state index contributed by atoms with van der Waals surface area (Å²) in [6, 6.07) is 6.47. The van der Waals surface area contributed by atoms with E-state index in [-0.39, 0.29) is 24.6 Å². The van der Waals surface area contributed by atoms with Gasteiger partial charge in [0.25, 0.3) is 5.56 Å². The third kappa shape index (κ3) is 4.94. The molecule has 1 atom stereocenters. The second kappa shape index (κ2) is 10.7. The molecule has 0 radical (unpaired) electrons. The number of carbonyl (C=O) groups excluding carboxylic acids is 2. The normalized spacial score (nSPS) is 16.5. The van der Waals surface area contributed by atoms with E-state index in [2.05, 4.69) is 35.4 Å². The number of thiophene rings is 2. The summed E-state index contributed by atoms with van der Waals surface area (Å²) in [5.74, 6) is -0.255. The third-order valence-electron chi connectivity index (χ3n) is 7.78. The van der Waals surface area contributed by atoms with Gasteiger partial charge in [0, 0.05) is 15.8 Å². The Morgan fingerprint density at radius 3 is 2.82 bits per heavy atom. The predicted octanol–water partition coefficient (Wildman–Crippen LogP) is 6.01. The predicted molar refractivity (Wildman–Crippen MR) is 156 cm³/mol. The Balaban J connectivity index is 1.29. The maximum absolute atomic E-state index is 13.6. The van der Waals surface area contributed by atoms with Crippen LogP contribution in [0.5, 0.6) is 0 Å². The van der Waals surface area contributed by atoms with Crippen LogP contribution >= 0.6 is 22.7 Å². The fourth-order valence-corrected chi connectivity index (χ4v) is 8.09. The monoisotopic (exact) mass is 561 g/mol. The van der Waals surface area contributed by atoms with Crippen molar-refractivity contribution in [2.75, 3.05) is 11.9 Å². The van der Waals surface area contributed by atoms with E-state index in [4.69, 9.17) is 4.74 Å². The standard InChI is InChI=1S/C30H31N3O4S2/c1-3-37-30(36)26-21-11-8-17(2)12-23(21)39-28(26)32-24(34)14-33-16-31-27-25(29(33)35)22(15-38-27)20-10-9-18-6-4-5-7-19(18)13-20/h9-10,13,15-17H,3-8,11-12,14H2,1-2H3,(H,32,34). The topological polar surface area (TPSA) is 90.3 Å². The summed E-state index contributed by atoms with van der Waals surface area (Å²) in [7, 11) is 0. The summed E-state index contributed by atoms with van der Waals surface area (Å²) < 4.78 is 6.67. The molecule has 39 heavy (non-hydrogen) atoms. The maximum Gasteiger partial charge on any atom is 0.341 e. The first-order valence-corrected chi connectivity index (χ1v) is 15.3. The molecule has 9 heteroatoms. The van der Waals surface area contributed by atoms with E-state index in [0.29, 0.717) is 26.7 Å². The minimum Gasteiger partial charge on any atom is -0.462 e. The fourth-order valence-electron chi connectivity index (χ4n) is 5.77. The average Bonchev–Trinajstić information content (AvgIpc) is 3.51. The van der Waals surface area contributed by atoms with Crippen molar-refractivity contribution in [3.8, 4) is 11.1 Å². The van der Waals surface area contributed by atoms with Gasteiger partial charge < -0.3 is 10.1 Å². The van der Waals surface area contributed by atoms with E-state index in [1.807, 2.05) is 5.38 Å². The molecule has 3 aromatic heterocycles. The highest BCUT2D eigenvalue weighted by molar-refractivity contribution is 7.17. The number of rotatable bonds is 6. The van der Waals surface area contributed by atoms with E-state index >= 15 is 0 Å². The molecule has 0 saturated carbocycles. The number of nitrogens with one attached hydrogen (secondary N) is 1. The molecule has 0 spiro atoms. The number of amides is 1. The Labute approximate surface area is 234 Å². The number of nitrogens with zero attached hydrogens (tertiary/aromatic N) is 2. The lowest BCUT2D eigenvalue weighted by Crippen LogP contribution is -2.28. The minimum atomic E-state index is -0.409. The highest BCUT2D eigenvalue weighted by Gasteiger charge is 2.29. The van der Waals surface area contributed by atoms with Crippen LogP contribution in [0, 0.1) is 5.92 Å². The molecular formula is C30H31N3O4S2. The van der Waals surface area contributed by atoms with Crippen molar-refractivity contribution < 1.29 is 14.3 Å². The molecule has 0 saturated heterocycles. The Morgan fingerprint density at radius 2 is 2.00 bits per heavy atom. The van der Waals surface area contributed by atoms with Crippen LogP contribution in [-0.2, 0) is 41.8 Å². The number of aromatic nitrogens is 2. The zero-order valence-corrected chi connectivity index (χ0v) is 23.8. The van der Waals surface area contributed by atoms with E-state index in [9.17, 15) is 14.4 Å². The highest BCUT2D eigenvalue weighted by Crippen LogP contribution is 2.40. The number of benzene rings is 1. The van der Waals surface area contributed by atoms with Crippen LogP contribution in [0.4, 0.5) is 5.00 Å². The fraction of sp³-hybridized carbons (Fsp3) is 0.400. The molecule has 1 aromatic carbocycles. The molecule has 4 aromatic rings. The van der Waals surface area contributed by atoms with Crippen LogP contribution in [0.25, 0.3) is 21.3 Å². The Morgan fingerprint density at radius 1 is 1.18 bits per heavy atom. The van der Waals surface area contributed by atoms with Crippen LogP contribution in [0.1, 0.15) is 65.0 Å². The highest BCUT2D eigenvalue weighted by atomic mass is 32.1. The largest absolute Gasteiger partial charge is 0.462 e. The SMILES string of the molecule is CCOC(=O)c1c(NC(=O)Cn2cnc3scc(-c4ccc5c(c4)CCCC5)c3c2=O)sc2c1CCC(C)C2. The summed E-state index contributed by atoms with van der Waals surface area (Å²) in [5.41, 5.74) is 5.83. The molecule has 0 bridgehead atoms. The Bertz CT molecular complexity index is 1650. The van der Waals surface area contributed by atoms with Crippen LogP contribution < -0.4 is 10.9 Å². The number of hydrogen-bond donors (Lipinski definition) is 1. The number of fused-ring (bicyclic) bond motifs is 3. The number of esters is 1. The first-order valence-electron chi connectivity index (χ1n) is 13.6. The maximum atomic E-state index is 13.6. The zero-order chi connectivity index (χ0) is 27.1. The van der Waals surface area contributed by atoms with E-state index in [0.717, 1.165) is 53.7 Å². The number of aryl methyl sites for hydroxylation is 2. The number of carbonyl (C=O) groups is 2. The molecule has 202 valence electrons.